The van der Waals surface area contributed by atoms with Crippen molar-refractivity contribution in [3.63, 3.8) is 0 Å². The van der Waals surface area contributed by atoms with Crippen molar-refractivity contribution < 1.29 is 51.0 Å². The molecule has 0 N–H and O–H groups in total. The van der Waals surface area contributed by atoms with Crippen LogP contribution in [0, 0.1) is 17.9 Å². The van der Waals surface area contributed by atoms with Crippen molar-refractivity contribution in [3.8, 4) is 0 Å². The maximum Gasteiger partial charge on any atom is 3.00 e. The van der Waals surface area contributed by atoms with E-state index in [0.29, 0.717) is 11.8 Å². The predicted molar refractivity (Wildman–Crippen MR) is 88.4 cm³/mol. The zero-order valence-electron chi connectivity index (χ0n) is 14.9. The van der Waals surface area contributed by atoms with Gasteiger partial charge in [-0.25, -0.2) is 0 Å². The second-order valence-electron chi connectivity index (χ2n) is 6.38. The molecule has 1 radical (unpaired) electrons. The third-order valence-corrected chi connectivity index (χ3v) is 4.45. The van der Waals surface area contributed by atoms with Crippen molar-refractivity contribution in [1.82, 2.24) is 0 Å². The second-order valence-corrected chi connectivity index (χ2v) is 6.38. The molecule has 0 aromatic rings. The molecule has 2 aliphatic rings. The number of allylic oxidation sites excluding steroid dienone is 8. The van der Waals surface area contributed by atoms with Crippen molar-refractivity contribution in [2.24, 2.45) is 11.8 Å². The zero-order valence-corrected chi connectivity index (χ0v) is 18.9. The van der Waals surface area contributed by atoms with E-state index in [2.05, 4.69) is 52.0 Å². The zero-order chi connectivity index (χ0) is 14.5. The molecule has 23 heavy (non-hydrogen) atoms. The standard InChI is InChI=1S/C20H29.2ClH.Zr/c1-5-7-9-17-13-16(4)19(14-17)20-12-15(3)11-18(20)10-8-6-2;;;/h11-13,17-18H,5-10H2,1-4H3;2*1H;/q-1;;;+3/p-2. The van der Waals surface area contributed by atoms with Crippen molar-refractivity contribution in [3.05, 3.63) is 46.6 Å². The average molecular weight is 432 g/mol. The largest absolute Gasteiger partial charge is 3.00 e. The Morgan fingerprint density at radius 3 is 2.17 bits per heavy atom. The Hall–Kier alpha value is 0.423. The van der Waals surface area contributed by atoms with E-state index in [0.717, 1.165) is 0 Å². The molecule has 0 nitrogen and oxygen atoms in total. The van der Waals surface area contributed by atoms with Crippen LogP contribution in [0.4, 0.5) is 0 Å². The van der Waals surface area contributed by atoms with Gasteiger partial charge in [0.05, 0.1) is 0 Å². The van der Waals surface area contributed by atoms with Gasteiger partial charge in [-0.15, -0.1) is 17.7 Å². The molecular formula is C20H29Cl2Zr. The van der Waals surface area contributed by atoms with Crippen LogP contribution in [0.25, 0.3) is 0 Å². The van der Waals surface area contributed by atoms with Gasteiger partial charge in [0.15, 0.2) is 0 Å². The molecule has 0 fully saturated rings. The first-order chi connectivity index (χ1) is 9.65. The molecule has 2 unspecified atom stereocenters. The molecule has 2 rings (SSSR count). The van der Waals surface area contributed by atoms with Crippen LogP contribution in [-0.2, 0) is 26.2 Å². The molecule has 0 amide bonds. The summed E-state index contributed by atoms with van der Waals surface area (Å²) in [6.45, 7) is 9.04. The van der Waals surface area contributed by atoms with Crippen LogP contribution in [0.1, 0.15) is 66.2 Å². The summed E-state index contributed by atoms with van der Waals surface area (Å²) in [7, 11) is 0. The van der Waals surface area contributed by atoms with Crippen LogP contribution < -0.4 is 24.8 Å². The second kappa shape index (κ2) is 12.7. The van der Waals surface area contributed by atoms with E-state index in [1.54, 1.807) is 0 Å². The van der Waals surface area contributed by atoms with Gasteiger partial charge in [-0.1, -0.05) is 76.9 Å². The van der Waals surface area contributed by atoms with Crippen molar-refractivity contribution in [2.45, 2.75) is 66.2 Å². The van der Waals surface area contributed by atoms with Crippen LogP contribution in [-0.4, -0.2) is 0 Å². The summed E-state index contributed by atoms with van der Waals surface area (Å²) in [4.78, 5) is 0. The quantitative estimate of drug-likeness (QED) is 0.505. The molecule has 2 atom stereocenters. The Bertz CT molecular complexity index is 472. The maximum absolute atomic E-state index is 3.77. The summed E-state index contributed by atoms with van der Waals surface area (Å²) in [6.07, 6.45) is 18.8. The summed E-state index contributed by atoms with van der Waals surface area (Å²) in [5, 5.41) is 0. The number of halogens is 2. The van der Waals surface area contributed by atoms with E-state index < -0.39 is 0 Å². The van der Waals surface area contributed by atoms with Gasteiger partial charge in [0, 0.05) is 0 Å². The molecule has 0 aromatic heterocycles. The van der Waals surface area contributed by atoms with Gasteiger partial charge >= 0.3 is 26.2 Å². The minimum absolute atomic E-state index is 0. The van der Waals surface area contributed by atoms with Crippen LogP contribution in [0.3, 0.4) is 0 Å². The smallest absolute Gasteiger partial charge is 1.00 e. The van der Waals surface area contributed by atoms with Crippen LogP contribution in [0.15, 0.2) is 40.5 Å². The molecule has 0 aromatic carbocycles. The Kier molecular flexibility index (Phi) is 14.2. The van der Waals surface area contributed by atoms with Crippen LogP contribution in [0.2, 0.25) is 0 Å². The fourth-order valence-corrected chi connectivity index (χ4v) is 3.34. The third-order valence-electron chi connectivity index (χ3n) is 4.45. The molecule has 3 heteroatoms. The number of hydrogen-bond donors (Lipinski definition) is 0. The number of rotatable bonds is 7. The van der Waals surface area contributed by atoms with E-state index in [1.807, 2.05) is 0 Å². The Labute approximate surface area is 174 Å². The van der Waals surface area contributed by atoms with Crippen LogP contribution in [0.5, 0.6) is 0 Å². The Morgan fingerprint density at radius 2 is 1.57 bits per heavy atom. The van der Waals surface area contributed by atoms with Crippen molar-refractivity contribution in [2.75, 3.05) is 0 Å². The summed E-state index contributed by atoms with van der Waals surface area (Å²) in [5.74, 6) is 1.18. The van der Waals surface area contributed by atoms with E-state index in [4.69, 9.17) is 0 Å². The Balaban J connectivity index is 0. The summed E-state index contributed by atoms with van der Waals surface area (Å²) in [6, 6.07) is 0. The van der Waals surface area contributed by atoms with Gasteiger partial charge in [0.1, 0.15) is 0 Å². The molecule has 0 saturated heterocycles. The van der Waals surface area contributed by atoms with Crippen LogP contribution >= 0.6 is 0 Å². The first-order valence-corrected chi connectivity index (χ1v) is 8.38. The van der Waals surface area contributed by atoms with Gasteiger partial charge in [-0.3, -0.25) is 0 Å². The van der Waals surface area contributed by atoms with Gasteiger partial charge in [-0.05, 0) is 12.8 Å². The molecule has 2 aliphatic carbocycles. The summed E-state index contributed by atoms with van der Waals surface area (Å²) >= 11 is 0. The molecular weight excluding hydrogens is 402 g/mol. The van der Waals surface area contributed by atoms with Gasteiger partial charge in [0.25, 0.3) is 0 Å². The SMILES string of the molecule is CCCCC1[C-]=C(C2=CC(C)=CC2CCCC)C(C)=C1.[Cl-].[Cl-].[Zr+3]. The van der Waals surface area contributed by atoms with E-state index in [-0.39, 0.29) is 51.0 Å². The first-order valence-electron chi connectivity index (χ1n) is 8.38. The van der Waals surface area contributed by atoms with E-state index in [9.17, 15) is 0 Å². The molecule has 0 spiro atoms. The third kappa shape index (κ3) is 7.05. The number of unbranched alkanes of at least 4 members (excludes halogenated alkanes) is 2. The minimum Gasteiger partial charge on any atom is -1.00 e. The normalized spacial score (nSPS) is 22.1. The molecule has 0 heterocycles. The average Bonchev–Trinajstić information content (AvgIpc) is 2.96. The van der Waals surface area contributed by atoms with E-state index in [1.165, 1.54) is 60.8 Å². The van der Waals surface area contributed by atoms with Crippen molar-refractivity contribution >= 4 is 0 Å². The van der Waals surface area contributed by atoms with Gasteiger partial charge in [0.2, 0.25) is 0 Å². The molecule has 0 aliphatic heterocycles. The van der Waals surface area contributed by atoms with Crippen molar-refractivity contribution in [1.29, 1.82) is 0 Å². The maximum atomic E-state index is 3.77. The Morgan fingerprint density at radius 1 is 0.957 bits per heavy atom. The van der Waals surface area contributed by atoms with Gasteiger partial charge in [-0.2, -0.15) is 17.2 Å². The summed E-state index contributed by atoms with van der Waals surface area (Å²) in [5.41, 5.74) is 5.83. The molecule has 0 saturated carbocycles. The molecule has 127 valence electrons. The fourth-order valence-electron chi connectivity index (χ4n) is 3.34. The fraction of sp³-hybridized carbons (Fsp3) is 0.600. The monoisotopic (exact) mass is 429 g/mol. The predicted octanol–water partition coefficient (Wildman–Crippen LogP) is 0.180. The first kappa shape index (κ1) is 25.7. The summed E-state index contributed by atoms with van der Waals surface area (Å²) < 4.78 is 0. The topological polar surface area (TPSA) is 0 Å². The molecule has 0 bridgehead atoms. The van der Waals surface area contributed by atoms with Gasteiger partial charge < -0.3 is 24.8 Å². The minimum atomic E-state index is 0. The number of hydrogen-bond acceptors (Lipinski definition) is 0. The van der Waals surface area contributed by atoms with E-state index >= 15 is 0 Å².